The largest absolute Gasteiger partial charge is 0.525 e. The number of phosphoric ester groups is 1. The van der Waals surface area contributed by atoms with E-state index in [1.807, 2.05) is 0 Å². The Morgan fingerprint density at radius 2 is 1.83 bits per heavy atom. The number of hydrogen-bond donors (Lipinski definition) is 5. The van der Waals surface area contributed by atoms with E-state index in [0.29, 0.717) is 5.56 Å². The topological polar surface area (TPSA) is 154 Å². The van der Waals surface area contributed by atoms with Crippen molar-refractivity contribution < 1.29 is 43.7 Å². The van der Waals surface area contributed by atoms with Gasteiger partial charge in [0.25, 0.3) is 5.76 Å². The third-order valence-corrected chi connectivity index (χ3v) is 4.28. The predicted octanol–water partition coefficient (Wildman–Crippen LogP) is -0.320. The second kappa shape index (κ2) is 5.05. The molecule has 10 heteroatoms. The van der Waals surface area contributed by atoms with E-state index in [-0.39, 0.29) is 0 Å². The Morgan fingerprint density at radius 1 is 1.22 bits per heavy atom. The average molecular weight is 344 g/mol. The molecule has 2 unspecified atom stereocenters. The fourth-order valence-corrected chi connectivity index (χ4v) is 3.17. The van der Waals surface area contributed by atoms with E-state index in [1.54, 1.807) is 30.3 Å². The summed E-state index contributed by atoms with van der Waals surface area (Å²) in [5.41, 5.74) is -1.46. The quantitative estimate of drug-likeness (QED) is 0.365. The Hall–Kier alpha value is -1.90. The van der Waals surface area contributed by atoms with Gasteiger partial charge in [-0.05, 0) is 5.56 Å². The number of aliphatic hydroxyl groups excluding tert-OH is 2. The Kier molecular flexibility index (Phi) is 3.51. The first-order valence-electron chi connectivity index (χ1n) is 6.51. The van der Waals surface area contributed by atoms with Crippen LogP contribution in [0.1, 0.15) is 11.5 Å². The summed E-state index contributed by atoms with van der Waals surface area (Å²) in [5, 5.41) is 30.5. The van der Waals surface area contributed by atoms with Gasteiger partial charge in [-0.2, -0.15) is 0 Å². The van der Waals surface area contributed by atoms with Crippen molar-refractivity contribution >= 4 is 13.8 Å². The molecule has 3 rings (SSSR count). The lowest BCUT2D eigenvalue weighted by molar-refractivity contribution is -0.149. The van der Waals surface area contributed by atoms with Gasteiger partial charge in [-0.15, -0.1) is 0 Å². The van der Waals surface area contributed by atoms with E-state index in [0.717, 1.165) is 0 Å². The zero-order chi connectivity index (χ0) is 17.0. The molecule has 0 bridgehead atoms. The molecule has 0 spiro atoms. The number of phosphoric acid groups is 1. The fraction of sp³-hybridized carbons (Fsp3) is 0.308. The van der Waals surface area contributed by atoms with Gasteiger partial charge in [0, 0.05) is 5.92 Å². The van der Waals surface area contributed by atoms with Crippen LogP contribution in [0, 0.1) is 0 Å². The molecule has 5 N–H and O–H groups in total. The number of ether oxygens (including phenoxy) is 1. The van der Waals surface area contributed by atoms with Gasteiger partial charge in [0.2, 0.25) is 0 Å². The van der Waals surface area contributed by atoms with Crippen molar-refractivity contribution in [2.75, 3.05) is 0 Å². The van der Waals surface area contributed by atoms with Crippen molar-refractivity contribution in [3.63, 3.8) is 0 Å². The molecule has 1 aliphatic carbocycles. The summed E-state index contributed by atoms with van der Waals surface area (Å²) in [5.74, 6) is -4.23. The molecule has 0 saturated heterocycles. The lowest BCUT2D eigenvalue weighted by atomic mass is 10.0. The van der Waals surface area contributed by atoms with Crippen molar-refractivity contribution in [3.8, 4) is 0 Å². The highest BCUT2D eigenvalue weighted by Crippen LogP contribution is 2.57. The van der Waals surface area contributed by atoms with Crippen molar-refractivity contribution in [1.82, 2.24) is 0 Å². The molecular weight excluding hydrogens is 331 g/mol. The smallest absolute Gasteiger partial charge is 0.505 e. The van der Waals surface area contributed by atoms with Gasteiger partial charge in [-0.3, -0.25) is 9.79 Å². The Bertz CT molecular complexity index is 724. The zero-order valence-corrected chi connectivity index (χ0v) is 12.3. The van der Waals surface area contributed by atoms with Crippen molar-refractivity contribution in [1.29, 1.82) is 0 Å². The monoisotopic (exact) mass is 344 g/mol. The molecule has 1 aromatic carbocycles. The van der Waals surface area contributed by atoms with Crippen LogP contribution in [0.5, 0.6) is 0 Å². The van der Waals surface area contributed by atoms with E-state index >= 15 is 0 Å². The predicted molar refractivity (Wildman–Crippen MR) is 72.8 cm³/mol. The number of cyclic esters (lactones) is 1. The Labute approximate surface area is 129 Å². The summed E-state index contributed by atoms with van der Waals surface area (Å²) in [7, 11) is -5.10. The van der Waals surface area contributed by atoms with Crippen LogP contribution in [0.2, 0.25) is 0 Å². The molecule has 0 aromatic heterocycles. The highest BCUT2D eigenvalue weighted by molar-refractivity contribution is 7.46. The second-order valence-corrected chi connectivity index (χ2v) is 6.47. The van der Waals surface area contributed by atoms with Gasteiger partial charge < -0.3 is 24.6 Å². The minimum Gasteiger partial charge on any atom is -0.505 e. The number of aliphatic hydroxyl groups is 3. The first-order valence-corrected chi connectivity index (χ1v) is 8.04. The van der Waals surface area contributed by atoms with Crippen LogP contribution in [0.25, 0.3) is 0 Å². The van der Waals surface area contributed by atoms with Crippen molar-refractivity contribution in [2.24, 2.45) is 0 Å². The van der Waals surface area contributed by atoms with Crippen LogP contribution in [0.15, 0.2) is 41.9 Å². The number of rotatable bonds is 4. The van der Waals surface area contributed by atoms with E-state index in [1.165, 1.54) is 0 Å². The van der Waals surface area contributed by atoms with E-state index < -0.39 is 49.0 Å². The lowest BCUT2D eigenvalue weighted by Gasteiger charge is -2.17. The van der Waals surface area contributed by atoms with Crippen molar-refractivity contribution in [2.45, 2.75) is 23.7 Å². The summed E-state index contributed by atoms with van der Waals surface area (Å²) in [4.78, 5) is 29.0. The molecule has 1 heterocycles. The molecule has 1 aliphatic heterocycles. The minimum absolute atomic E-state index is 0.552. The summed E-state index contributed by atoms with van der Waals surface area (Å²) >= 11 is 0. The normalized spacial score (nSPS) is 33.6. The zero-order valence-electron chi connectivity index (χ0n) is 11.4. The van der Waals surface area contributed by atoms with Gasteiger partial charge in [0.05, 0.1) is 6.10 Å². The molecular formula is C13H13O9P. The highest BCUT2D eigenvalue weighted by atomic mass is 31.2. The maximum atomic E-state index is 11.6. The van der Waals surface area contributed by atoms with Crippen LogP contribution in [-0.4, -0.2) is 48.9 Å². The van der Waals surface area contributed by atoms with Crippen LogP contribution >= 0.6 is 7.82 Å². The maximum Gasteiger partial charge on any atom is 0.525 e. The second-order valence-electron chi connectivity index (χ2n) is 5.30. The molecule has 1 fully saturated rings. The number of hydrogen-bond acceptors (Lipinski definition) is 7. The van der Waals surface area contributed by atoms with Gasteiger partial charge in [-0.1, -0.05) is 30.3 Å². The van der Waals surface area contributed by atoms with Gasteiger partial charge >= 0.3 is 13.8 Å². The van der Waals surface area contributed by atoms with E-state index in [2.05, 4.69) is 4.52 Å². The van der Waals surface area contributed by atoms with E-state index in [4.69, 9.17) is 14.5 Å². The van der Waals surface area contributed by atoms with Crippen LogP contribution in [0.3, 0.4) is 0 Å². The third kappa shape index (κ3) is 2.52. The van der Waals surface area contributed by atoms with Gasteiger partial charge in [-0.25, -0.2) is 9.36 Å². The molecule has 0 radical (unpaired) electrons. The lowest BCUT2D eigenvalue weighted by Crippen LogP contribution is -2.35. The number of carbonyl (C=O) groups excluding carboxylic acids is 1. The van der Waals surface area contributed by atoms with Gasteiger partial charge in [0.1, 0.15) is 5.60 Å². The summed E-state index contributed by atoms with van der Waals surface area (Å²) < 4.78 is 19.6. The molecule has 4 atom stereocenters. The number of benzene rings is 1. The highest BCUT2D eigenvalue weighted by Gasteiger charge is 2.72. The minimum atomic E-state index is -5.10. The van der Waals surface area contributed by atoms with Crippen molar-refractivity contribution in [3.05, 3.63) is 47.4 Å². The average Bonchev–Trinajstić information content (AvgIpc) is 2.92. The molecule has 1 aromatic rings. The van der Waals surface area contributed by atoms with E-state index in [9.17, 15) is 24.7 Å². The maximum absolute atomic E-state index is 11.6. The summed E-state index contributed by atoms with van der Waals surface area (Å²) in [6, 6.07) is 8.36. The first kappa shape index (κ1) is 16.0. The molecule has 23 heavy (non-hydrogen) atoms. The molecule has 1 saturated carbocycles. The molecule has 124 valence electrons. The van der Waals surface area contributed by atoms with Crippen LogP contribution < -0.4 is 0 Å². The Morgan fingerprint density at radius 3 is 2.39 bits per heavy atom. The van der Waals surface area contributed by atoms with Gasteiger partial charge in [0.15, 0.2) is 11.9 Å². The van der Waals surface area contributed by atoms with Crippen LogP contribution in [0.4, 0.5) is 0 Å². The van der Waals surface area contributed by atoms with Crippen LogP contribution in [-0.2, 0) is 18.6 Å². The first-order chi connectivity index (χ1) is 10.7. The number of esters is 1. The molecule has 0 amide bonds. The summed E-state index contributed by atoms with van der Waals surface area (Å²) in [6.45, 7) is 0. The summed E-state index contributed by atoms with van der Waals surface area (Å²) in [6.07, 6.45) is -3.02. The standard InChI is InChI=1S/C13H13O9P/c14-8-9(22-23(18,19)20)12(16)21-11(8)13(17)7(10(13)15)6-4-2-1-3-5-6/h1-5,7,10-11,14-15,17H,(H2,18,19,20)/t7?,10?,11-,13-/m0/s1. The fourth-order valence-electron chi connectivity index (χ4n) is 2.76. The Balaban J connectivity index is 1.91. The molecule has 2 aliphatic rings. The SMILES string of the molecule is O=C1O[C@H]([C@@]2(O)C(O)C2c2ccccc2)C(O)=C1OP(=O)(O)O. The molecule has 9 nitrogen and oxygen atoms in total. The third-order valence-electron chi connectivity index (χ3n) is 3.86. The number of carbonyl (C=O) groups is 1.